The summed E-state index contributed by atoms with van der Waals surface area (Å²) in [7, 11) is 1.71. The van der Waals surface area contributed by atoms with E-state index in [1.165, 1.54) is 10.9 Å². The van der Waals surface area contributed by atoms with E-state index in [4.69, 9.17) is 4.42 Å². The number of aromatic nitrogens is 3. The van der Waals surface area contributed by atoms with Crippen molar-refractivity contribution in [1.82, 2.24) is 19.2 Å². The molecular formula is C16H20N4O3. The zero-order valence-corrected chi connectivity index (χ0v) is 13.1. The standard InChI is InChI=1S/C16H20N4O3/c1-18-16(22)20(12-4-5-12)14(17-18)11-6-8-19(9-7-11)15(21)13-3-2-10-23-13/h2-3,10-12H,4-9H2,1H3. The van der Waals surface area contributed by atoms with E-state index < -0.39 is 0 Å². The fourth-order valence-corrected chi connectivity index (χ4v) is 3.35. The molecule has 2 aliphatic rings. The lowest BCUT2D eigenvalue weighted by Gasteiger charge is -2.31. The van der Waals surface area contributed by atoms with Gasteiger partial charge in [0.1, 0.15) is 5.82 Å². The molecule has 23 heavy (non-hydrogen) atoms. The van der Waals surface area contributed by atoms with Crippen LogP contribution in [0.2, 0.25) is 0 Å². The minimum atomic E-state index is -0.0611. The molecule has 2 aromatic heterocycles. The monoisotopic (exact) mass is 316 g/mol. The Balaban J connectivity index is 1.49. The van der Waals surface area contributed by atoms with Crippen molar-refractivity contribution in [2.24, 2.45) is 7.05 Å². The van der Waals surface area contributed by atoms with Crippen LogP contribution in [0.25, 0.3) is 0 Å². The molecule has 122 valence electrons. The molecule has 1 aliphatic heterocycles. The number of hydrogen-bond acceptors (Lipinski definition) is 4. The van der Waals surface area contributed by atoms with Crippen LogP contribution in [0.1, 0.15) is 54.0 Å². The van der Waals surface area contributed by atoms with Crippen molar-refractivity contribution in [3.63, 3.8) is 0 Å². The minimum Gasteiger partial charge on any atom is -0.459 e. The Bertz CT molecular complexity index is 762. The predicted molar refractivity (Wildman–Crippen MR) is 82.3 cm³/mol. The molecule has 0 N–H and O–H groups in total. The van der Waals surface area contributed by atoms with Gasteiger partial charge in [0, 0.05) is 32.1 Å². The molecule has 7 heteroatoms. The molecule has 0 bridgehead atoms. The summed E-state index contributed by atoms with van der Waals surface area (Å²) in [4.78, 5) is 26.4. The fourth-order valence-electron chi connectivity index (χ4n) is 3.35. The van der Waals surface area contributed by atoms with Crippen molar-refractivity contribution >= 4 is 5.91 Å². The van der Waals surface area contributed by atoms with Gasteiger partial charge in [-0.05, 0) is 37.8 Å². The maximum absolute atomic E-state index is 12.3. The predicted octanol–water partition coefficient (Wildman–Crippen LogP) is 1.53. The van der Waals surface area contributed by atoms with Crippen LogP contribution in [-0.4, -0.2) is 38.2 Å². The number of amides is 1. The highest BCUT2D eigenvalue weighted by Gasteiger charge is 2.34. The van der Waals surface area contributed by atoms with Crippen LogP contribution in [0, 0.1) is 0 Å². The Morgan fingerprint density at radius 2 is 2.00 bits per heavy atom. The maximum atomic E-state index is 12.3. The zero-order chi connectivity index (χ0) is 16.0. The number of aryl methyl sites for hydroxylation is 1. The van der Waals surface area contributed by atoms with Crippen LogP contribution >= 0.6 is 0 Å². The third-order valence-corrected chi connectivity index (χ3v) is 4.77. The van der Waals surface area contributed by atoms with Gasteiger partial charge in [-0.3, -0.25) is 9.36 Å². The highest BCUT2D eigenvalue weighted by molar-refractivity contribution is 5.91. The number of nitrogens with zero attached hydrogens (tertiary/aromatic N) is 4. The Morgan fingerprint density at radius 3 is 2.61 bits per heavy atom. The first-order valence-electron chi connectivity index (χ1n) is 8.13. The van der Waals surface area contributed by atoms with Crippen molar-refractivity contribution in [1.29, 1.82) is 0 Å². The molecule has 0 atom stereocenters. The Hall–Kier alpha value is -2.31. The molecule has 1 saturated carbocycles. The Kier molecular flexibility index (Phi) is 3.36. The van der Waals surface area contributed by atoms with Gasteiger partial charge in [-0.25, -0.2) is 9.48 Å². The van der Waals surface area contributed by atoms with E-state index in [1.807, 2.05) is 9.47 Å². The normalized spacial score (nSPS) is 19.3. The molecule has 0 unspecified atom stereocenters. The Morgan fingerprint density at radius 1 is 1.26 bits per heavy atom. The summed E-state index contributed by atoms with van der Waals surface area (Å²) in [5.74, 6) is 1.46. The van der Waals surface area contributed by atoms with Crippen LogP contribution in [0.4, 0.5) is 0 Å². The van der Waals surface area contributed by atoms with Crippen LogP contribution < -0.4 is 5.69 Å². The number of hydrogen-bond donors (Lipinski definition) is 0. The van der Waals surface area contributed by atoms with Crippen LogP contribution in [0.15, 0.2) is 27.6 Å². The van der Waals surface area contributed by atoms with Gasteiger partial charge >= 0.3 is 5.69 Å². The highest BCUT2D eigenvalue weighted by Crippen LogP contribution is 2.37. The van der Waals surface area contributed by atoms with E-state index in [9.17, 15) is 9.59 Å². The zero-order valence-electron chi connectivity index (χ0n) is 13.1. The second-order valence-electron chi connectivity index (χ2n) is 6.41. The molecule has 0 aromatic carbocycles. The molecule has 3 heterocycles. The summed E-state index contributed by atoms with van der Waals surface area (Å²) in [5.41, 5.74) is -0.0170. The van der Waals surface area contributed by atoms with Gasteiger partial charge in [-0.2, -0.15) is 5.10 Å². The quantitative estimate of drug-likeness (QED) is 0.861. The number of furan rings is 1. The first-order chi connectivity index (χ1) is 11.1. The molecule has 2 aromatic rings. The first-order valence-corrected chi connectivity index (χ1v) is 8.13. The van der Waals surface area contributed by atoms with Crippen molar-refractivity contribution in [3.8, 4) is 0 Å². The van der Waals surface area contributed by atoms with E-state index in [0.29, 0.717) is 24.9 Å². The lowest BCUT2D eigenvalue weighted by Crippen LogP contribution is -2.38. The summed E-state index contributed by atoms with van der Waals surface area (Å²) >= 11 is 0. The lowest BCUT2D eigenvalue weighted by molar-refractivity contribution is 0.0678. The van der Waals surface area contributed by atoms with E-state index in [1.54, 1.807) is 19.2 Å². The summed E-state index contributed by atoms with van der Waals surface area (Å²) in [6, 6.07) is 3.74. The molecule has 1 saturated heterocycles. The molecule has 7 nitrogen and oxygen atoms in total. The second kappa shape index (κ2) is 5.40. The molecule has 1 amide bonds. The molecule has 0 radical (unpaired) electrons. The SMILES string of the molecule is Cn1nc(C2CCN(C(=O)c3ccco3)CC2)n(C2CC2)c1=O. The third-order valence-electron chi connectivity index (χ3n) is 4.77. The van der Waals surface area contributed by atoms with Crippen molar-refractivity contribution in [2.45, 2.75) is 37.6 Å². The van der Waals surface area contributed by atoms with Gasteiger partial charge in [0.15, 0.2) is 5.76 Å². The van der Waals surface area contributed by atoms with Crippen molar-refractivity contribution in [2.75, 3.05) is 13.1 Å². The van der Waals surface area contributed by atoms with E-state index in [0.717, 1.165) is 31.5 Å². The fraction of sp³-hybridized carbons (Fsp3) is 0.562. The molecule has 2 fully saturated rings. The van der Waals surface area contributed by atoms with Gasteiger partial charge in [-0.15, -0.1) is 0 Å². The van der Waals surface area contributed by atoms with E-state index in [-0.39, 0.29) is 17.5 Å². The molecule has 1 aliphatic carbocycles. The van der Waals surface area contributed by atoms with Gasteiger partial charge in [0.05, 0.1) is 6.26 Å². The third kappa shape index (κ3) is 2.50. The van der Waals surface area contributed by atoms with Gasteiger partial charge < -0.3 is 9.32 Å². The van der Waals surface area contributed by atoms with Crippen LogP contribution in [0.5, 0.6) is 0 Å². The van der Waals surface area contributed by atoms with Gasteiger partial charge in [0.2, 0.25) is 0 Å². The largest absolute Gasteiger partial charge is 0.459 e. The highest BCUT2D eigenvalue weighted by atomic mass is 16.3. The van der Waals surface area contributed by atoms with E-state index in [2.05, 4.69) is 5.10 Å². The summed E-state index contributed by atoms with van der Waals surface area (Å²) in [6.45, 7) is 1.33. The van der Waals surface area contributed by atoms with Crippen molar-refractivity contribution < 1.29 is 9.21 Å². The number of piperidine rings is 1. The smallest absolute Gasteiger partial charge is 0.345 e. The minimum absolute atomic E-state index is 0.0170. The van der Waals surface area contributed by atoms with E-state index >= 15 is 0 Å². The maximum Gasteiger partial charge on any atom is 0.345 e. The van der Waals surface area contributed by atoms with Crippen LogP contribution in [-0.2, 0) is 7.05 Å². The average Bonchev–Trinajstić information content (AvgIpc) is 3.16. The summed E-state index contributed by atoms with van der Waals surface area (Å²) in [6.07, 6.45) is 5.30. The average molecular weight is 316 g/mol. The topological polar surface area (TPSA) is 73.3 Å². The molecule has 4 rings (SSSR count). The summed E-state index contributed by atoms with van der Waals surface area (Å²) in [5, 5.41) is 4.46. The molecular weight excluding hydrogens is 296 g/mol. The lowest BCUT2D eigenvalue weighted by atomic mass is 9.95. The number of likely N-dealkylation sites (tertiary alicyclic amines) is 1. The van der Waals surface area contributed by atoms with Gasteiger partial charge in [0.25, 0.3) is 5.91 Å². The summed E-state index contributed by atoms with van der Waals surface area (Å²) < 4.78 is 8.49. The van der Waals surface area contributed by atoms with Gasteiger partial charge in [-0.1, -0.05) is 0 Å². The molecule has 0 spiro atoms. The van der Waals surface area contributed by atoms with Crippen LogP contribution in [0.3, 0.4) is 0 Å². The number of carbonyl (C=O) groups is 1. The Labute approximate surface area is 133 Å². The van der Waals surface area contributed by atoms with Crippen molar-refractivity contribution in [3.05, 3.63) is 40.5 Å². The number of rotatable bonds is 3. The number of carbonyl (C=O) groups excluding carboxylic acids is 1. The second-order valence-corrected chi connectivity index (χ2v) is 6.41. The first kappa shape index (κ1) is 14.3.